The Bertz CT molecular complexity index is 2060. The Morgan fingerprint density at radius 3 is 1.20 bits per heavy atom. The highest BCUT2D eigenvalue weighted by Gasteiger charge is 2.26. The molecule has 0 atom stereocenters. The third kappa shape index (κ3) is 5.05. The number of phenols is 4. The summed E-state index contributed by atoms with van der Waals surface area (Å²) in [4.78, 5) is 54.2. The summed E-state index contributed by atoms with van der Waals surface area (Å²) < 4.78 is 11.7. The summed E-state index contributed by atoms with van der Waals surface area (Å²) in [5, 5.41) is 39.6. The topological polar surface area (TPSA) is 175 Å². The van der Waals surface area contributed by atoms with E-state index in [1.165, 1.54) is 84.9 Å². The van der Waals surface area contributed by atoms with Crippen LogP contribution in [-0.4, -0.2) is 32.0 Å². The fourth-order valence-corrected chi connectivity index (χ4v) is 4.99. The largest absolute Gasteiger partial charge is 0.508 e. The van der Waals surface area contributed by atoms with Crippen LogP contribution in [0, 0.1) is 0 Å². The van der Waals surface area contributed by atoms with Crippen molar-refractivity contribution in [2.75, 3.05) is 0 Å². The van der Waals surface area contributed by atoms with Gasteiger partial charge in [-0.15, -0.1) is 0 Å². The van der Waals surface area contributed by atoms with Crippen LogP contribution >= 0.6 is 0 Å². The Hall–Kier alpha value is -6.16. The molecule has 0 unspecified atom stereocenters. The molecule has 0 amide bonds. The van der Waals surface area contributed by atoms with Crippen LogP contribution in [0.2, 0.25) is 0 Å². The van der Waals surface area contributed by atoms with Crippen molar-refractivity contribution in [3.05, 3.63) is 117 Å². The summed E-state index contributed by atoms with van der Waals surface area (Å²) in [5.74, 6) is -2.62. The van der Waals surface area contributed by atoms with E-state index >= 15 is 0 Å². The lowest BCUT2D eigenvalue weighted by Crippen LogP contribution is -2.16. The molecule has 0 spiro atoms. The van der Waals surface area contributed by atoms with Crippen LogP contribution in [0.25, 0.3) is 44.2 Å². The number of hydrogen-bond acceptors (Lipinski definition) is 10. The first-order chi connectivity index (χ1) is 21.1. The van der Waals surface area contributed by atoms with Gasteiger partial charge in [0.05, 0.1) is 21.9 Å². The molecule has 44 heavy (non-hydrogen) atoms. The fraction of sp³-hybridized carbons (Fsp3) is 0.0588. The minimum absolute atomic E-state index is 0.0397. The summed E-state index contributed by atoms with van der Waals surface area (Å²) in [6.45, 7) is 0. The summed E-state index contributed by atoms with van der Waals surface area (Å²) in [6.07, 6.45) is -0.901. The van der Waals surface area contributed by atoms with E-state index < -0.39 is 35.3 Å². The smallest absolute Gasteiger partial charge is 0.201 e. The minimum atomic E-state index is -0.712. The first kappa shape index (κ1) is 28.0. The van der Waals surface area contributed by atoms with E-state index in [-0.39, 0.29) is 78.7 Å². The average Bonchev–Trinajstić information content (AvgIpc) is 3.00. The number of carbonyl (C=O) groups excluding carboxylic acids is 2. The molecule has 0 aliphatic rings. The number of ketones is 2. The standard InChI is InChI=1S/C34H22O10/c35-19-5-1-17(2-6-19)29-31(41)23-11-9-21(37)15-27(23)43-33(29)25(39)13-14-26(40)34-30(18-3-7-20(36)8-4-18)32(42)24-12-10-22(38)16-28(24)44-34/h1-12,15-16,35-38H,13-14H2. The van der Waals surface area contributed by atoms with E-state index in [0.717, 1.165) is 0 Å². The second-order valence-corrected chi connectivity index (χ2v) is 10.1. The third-order valence-electron chi connectivity index (χ3n) is 7.15. The molecule has 0 aliphatic carbocycles. The van der Waals surface area contributed by atoms with E-state index in [0.29, 0.717) is 0 Å². The van der Waals surface area contributed by atoms with Gasteiger partial charge in [0.25, 0.3) is 0 Å². The van der Waals surface area contributed by atoms with Gasteiger partial charge in [-0.3, -0.25) is 19.2 Å². The summed E-state index contributed by atoms with van der Waals surface area (Å²) in [5.41, 5.74) is -0.781. The summed E-state index contributed by atoms with van der Waals surface area (Å²) in [6, 6.07) is 18.9. The number of carbonyl (C=O) groups is 2. The summed E-state index contributed by atoms with van der Waals surface area (Å²) >= 11 is 0. The van der Waals surface area contributed by atoms with Crippen molar-refractivity contribution < 1.29 is 38.8 Å². The van der Waals surface area contributed by atoms with E-state index in [1.54, 1.807) is 0 Å². The van der Waals surface area contributed by atoms with Crippen LogP contribution in [0.3, 0.4) is 0 Å². The maximum absolute atomic E-state index is 13.6. The van der Waals surface area contributed by atoms with Crippen LogP contribution < -0.4 is 10.9 Å². The lowest BCUT2D eigenvalue weighted by Gasteiger charge is -2.11. The number of benzene rings is 4. The Kier molecular flexibility index (Phi) is 6.94. The molecule has 0 bridgehead atoms. The molecule has 4 aromatic carbocycles. The normalized spacial score (nSPS) is 11.2. The Balaban J connectivity index is 1.42. The second kappa shape index (κ2) is 10.9. The number of fused-ring (bicyclic) bond motifs is 2. The van der Waals surface area contributed by atoms with Crippen molar-refractivity contribution in [1.29, 1.82) is 0 Å². The first-order valence-electron chi connectivity index (χ1n) is 13.4. The Morgan fingerprint density at radius 1 is 0.500 bits per heavy atom. The summed E-state index contributed by atoms with van der Waals surface area (Å²) in [7, 11) is 0. The highest BCUT2D eigenvalue weighted by Crippen LogP contribution is 2.31. The van der Waals surface area contributed by atoms with E-state index in [9.17, 15) is 39.6 Å². The van der Waals surface area contributed by atoms with Crippen molar-refractivity contribution in [2.24, 2.45) is 0 Å². The number of Topliss-reactive ketones (excluding diaryl/α,β-unsaturated/α-hetero) is 2. The van der Waals surface area contributed by atoms with Gasteiger partial charge < -0.3 is 29.3 Å². The average molecular weight is 591 g/mol. The molecular weight excluding hydrogens is 568 g/mol. The lowest BCUT2D eigenvalue weighted by atomic mass is 9.96. The van der Waals surface area contributed by atoms with Gasteiger partial charge in [-0.1, -0.05) is 24.3 Å². The zero-order valence-electron chi connectivity index (χ0n) is 22.7. The van der Waals surface area contributed by atoms with E-state index in [2.05, 4.69) is 0 Å². The molecule has 0 saturated carbocycles. The SMILES string of the molecule is O=C(CCC(=O)c1oc2cc(O)ccc2c(=O)c1-c1ccc(O)cc1)c1oc2cc(O)ccc2c(=O)c1-c1ccc(O)cc1. The lowest BCUT2D eigenvalue weighted by molar-refractivity contribution is 0.0891. The highest BCUT2D eigenvalue weighted by molar-refractivity contribution is 6.07. The third-order valence-corrected chi connectivity index (χ3v) is 7.15. The maximum Gasteiger partial charge on any atom is 0.201 e. The van der Waals surface area contributed by atoms with Crippen LogP contribution in [0.4, 0.5) is 0 Å². The van der Waals surface area contributed by atoms with Crippen molar-refractivity contribution in [3.8, 4) is 45.3 Å². The molecule has 10 nitrogen and oxygen atoms in total. The van der Waals surface area contributed by atoms with Crippen LogP contribution in [-0.2, 0) is 0 Å². The molecule has 0 fully saturated rings. The molecule has 0 saturated heterocycles. The number of hydrogen-bond donors (Lipinski definition) is 4. The monoisotopic (exact) mass is 590 g/mol. The Morgan fingerprint density at radius 2 is 0.841 bits per heavy atom. The van der Waals surface area contributed by atoms with Gasteiger partial charge in [0.1, 0.15) is 34.2 Å². The quantitative estimate of drug-likeness (QED) is 0.164. The number of phenolic OH excluding ortho intramolecular Hbond substituents is 4. The molecule has 4 N–H and O–H groups in total. The predicted octanol–water partition coefficient (Wildman–Crippen LogP) is 5.90. The van der Waals surface area contributed by atoms with Crippen LogP contribution in [0.5, 0.6) is 23.0 Å². The number of rotatable bonds is 7. The van der Waals surface area contributed by atoms with Crippen molar-refractivity contribution in [2.45, 2.75) is 12.8 Å². The second-order valence-electron chi connectivity index (χ2n) is 10.1. The van der Waals surface area contributed by atoms with Crippen molar-refractivity contribution in [3.63, 3.8) is 0 Å². The van der Waals surface area contributed by atoms with E-state index in [1.807, 2.05) is 0 Å². The number of aromatic hydroxyl groups is 4. The first-order valence-corrected chi connectivity index (χ1v) is 13.4. The van der Waals surface area contributed by atoms with Gasteiger partial charge in [0, 0.05) is 25.0 Å². The van der Waals surface area contributed by atoms with Crippen LogP contribution in [0.1, 0.15) is 34.0 Å². The molecule has 0 aliphatic heterocycles. The predicted molar refractivity (Wildman–Crippen MR) is 160 cm³/mol. The van der Waals surface area contributed by atoms with Crippen LogP contribution in [0.15, 0.2) is 103 Å². The highest BCUT2D eigenvalue weighted by atomic mass is 16.4. The molecule has 6 aromatic rings. The fourth-order valence-electron chi connectivity index (χ4n) is 4.99. The molecule has 2 heterocycles. The van der Waals surface area contributed by atoms with Crippen molar-refractivity contribution >= 4 is 33.5 Å². The Labute approximate surface area is 247 Å². The zero-order valence-corrected chi connectivity index (χ0v) is 22.7. The minimum Gasteiger partial charge on any atom is -0.508 e. The molecule has 10 heteroatoms. The van der Waals surface area contributed by atoms with Gasteiger partial charge in [0.15, 0.2) is 23.1 Å². The van der Waals surface area contributed by atoms with Gasteiger partial charge in [0.2, 0.25) is 10.9 Å². The maximum atomic E-state index is 13.6. The van der Waals surface area contributed by atoms with E-state index in [4.69, 9.17) is 8.83 Å². The van der Waals surface area contributed by atoms with Gasteiger partial charge in [-0.2, -0.15) is 0 Å². The van der Waals surface area contributed by atoms with Gasteiger partial charge in [-0.25, -0.2) is 0 Å². The molecule has 218 valence electrons. The molecular formula is C34H22O10. The van der Waals surface area contributed by atoms with Crippen molar-refractivity contribution in [1.82, 2.24) is 0 Å². The van der Waals surface area contributed by atoms with Gasteiger partial charge in [-0.05, 0) is 59.7 Å². The zero-order chi connectivity index (χ0) is 31.1. The molecule has 6 rings (SSSR count). The van der Waals surface area contributed by atoms with Gasteiger partial charge >= 0.3 is 0 Å². The molecule has 2 aromatic heterocycles. The molecule has 0 radical (unpaired) electrons.